The van der Waals surface area contributed by atoms with Crippen LogP contribution in [0.3, 0.4) is 0 Å². The number of hydrogen-bond donors (Lipinski definition) is 2. The summed E-state index contributed by atoms with van der Waals surface area (Å²) >= 11 is 12.8. The van der Waals surface area contributed by atoms with E-state index in [0.717, 1.165) is 30.5 Å². The number of carbonyl (C=O) groups is 2. The van der Waals surface area contributed by atoms with Crippen LogP contribution in [0.5, 0.6) is 5.75 Å². The molecule has 0 bridgehead atoms. The zero-order valence-corrected chi connectivity index (χ0v) is 26.8. The van der Waals surface area contributed by atoms with Gasteiger partial charge in [-0.2, -0.15) is 0 Å². The first-order valence-corrected chi connectivity index (χ1v) is 15.8. The Morgan fingerprint density at radius 2 is 1.85 bits per heavy atom. The average molecular weight is 666 g/mol. The van der Waals surface area contributed by atoms with Gasteiger partial charge in [-0.25, -0.2) is 10.2 Å². The number of halogens is 2. The van der Waals surface area contributed by atoms with Crippen molar-refractivity contribution in [2.75, 3.05) is 39.8 Å². The number of nitrogens with one attached hydrogen (secondary N) is 1. The first kappa shape index (κ1) is 31.9. The van der Waals surface area contributed by atoms with E-state index in [-0.39, 0.29) is 11.3 Å². The number of carbonyl (C=O) groups excluding carboxylic acids is 2. The molecule has 0 saturated carbocycles. The Hall–Kier alpha value is -4.10. The molecule has 240 valence electrons. The van der Waals surface area contributed by atoms with Gasteiger partial charge in [0.05, 0.1) is 33.8 Å². The van der Waals surface area contributed by atoms with Gasteiger partial charge >= 0.3 is 0 Å². The Morgan fingerprint density at radius 1 is 1.02 bits per heavy atom. The lowest BCUT2D eigenvalue weighted by molar-refractivity contribution is -0.137. The van der Waals surface area contributed by atoms with Gasteiger partial charge in [0.1, 0.15) is 12.1 Å². The Morgan fingerprint density at radius 3 is 2.52 bits per heavy atom. The summed E-state index contributed by atoms with van der Waals surface area (Å²) in [4.78, 5) is 35.4. The van der Waals surface area contributed by atoms with Crippen LogP contribution in [0.1, 0.15) is 47.2 Å². The minimum absolute atomic E-state index is 0.150. The lowest BCUT2D eigenvalue weighted by atomic mass is 9.72. The molecule has 6 rings (SSSR count). The fourth-order valence-electron chi connectivity index (χ4n) is 6.84. The minimum atomic E-state index is -0.854. The molecule has 4 aromatic rings. The van der Waals surface area contributed by atoms with Crippen LogP contribution in [0, 0.1) is 0 Å². The van der Waals surface area contributed by atoms with Gasteiger partial charge in [0.25, 0.3) is 11.8 Å². The summed E-state index contributed by atoms with van der Waals surface area (Å²) in [5.74, 6) is -0.105. The van der Waals surface area contributed by atoms with E-state index < -0.39 is 11.3 Å². The van der Waals surface area contributed by atoms with Crippen molar-refractivity contribution >= 4 is 35.0 Å². The molecule has 4 heterocycles. The number of ether oxygens (including phenoxy) is 1. The summed E-state index contributed by atoms with van der Waals surface area (Å²) in [7, 11) is 1.54. The van der Waals surface area contributed by atoms with Crippen LogP contribution in [-0.4, -0.2) is 91.8 Å². The van der Waals surface area contributed by atoms with Crippen LogP contribution in [0.25, 0.3) is 5.69 Å². The van der Waals surface area contributed by atoms with E-state index in [2.05, 4.69) is 25.4 Å². The van der Waals surface area contributed by atoms with E-state index in [9.17, 15) is 14.8 Å². The molecular formula is C32H34Cl2N8O4. The number of benzene rings is 2. The summed E-state index contributed by atoms with van der Waals surface area (Å²) in [6, 6.07) is 14.7. The highest BCUT2D eigenvalue weighted by molar-refractivity contribution is 6.42. The normalized spacial score (nSPS) is 19.6. The van der Waals surface area contributed by atoms with E-state index in [1.165, 1.54) is 11.0 Å². The smallest absolute Gasteiger partial charge is 0.257 e. The van der Waals surface area contributed by atoms with E-state index in [4.69, 9.17) is 27.9 Å². The molecule has 2 N–H and O–H groups in total. The number of aromatic nitrogens is 5. The van der Waals surface area contributed by atoms with Gasteiger partial charge in [0.15, 0.2) is 0 Å². The highest BCUT2D eigenvalue weighted by Gasteiger charge is 2.45. The van der Waals surface area contributed by atoms with Crippen LogP contribution in [0.15, 0.2) is 67.3 Å². The van der Waals surface area contributed by atoms with Crippen molar-refractivity contribution in [2.45, 2.75) is 36.5 Å². The number of methoxy groups -OCH3 is 1. The zero-order chi connectivity index (χ0) is 32.3. The SMILES string of the molecule is COc1ccc(-n2cnnn2)cc1C(=O)N1CCC(CCN2CCC(C(=O)NO)(c3cccnc3)CC2)(c2ccc(Cl)c(Cl)c2)C1. The molecule has 12 nitrogen and oxygen atoms in total. The standard InChI is InChI=1S/C32H34Cl2N8O4/c1-46-28-7-5-24(42-21-36-38-39-42)18-25(28)29(43)41-16-9-31(20-41,22-4-6-26(33)27(34)17-22)8-13-40-14-10-32(11-15-40,30(44)37-45)23-3-2-12-35-19-23/h2-7,12,17-19,21,45H,8-11,13-16,20H2,1H3,(H,37,44). The van der Waals surface area contributed by atoms with Crippen molar-refractivity contribution in [3.05, 3.63) is 94.0 Å². The number of nitrogens with zero attached hydrogens (tertiary/aromatic N) is 7. The average Bonchev–Trinajstić information content (AvgIpc) is 3.80. The summed E-state index contributed by atoms with van der Waals surface area (Å²) in [5, 5.41) is 21.9. The minimum Gasteiger partial charge on any atom is -0.496 e. The molecule has 1 unspecified atom stereocenters. The van der Waals surface area contributed by atoms with E-state index in [1.54, 1.807) is 49.8 Å². The lowest BCUT2D eigenvalue weighted by Gasteiger charge is -2.41. The Kier molecular flexibility index (Phi) is 9.23. The molecule has 2 aliphatic heterocycles. The number of tetrazole rings is 1. The molecule has 1 atom stereocenters. The van der Waals surface area contributed by atoms with Crippen LogP contribution in [0.4, 0.5) is 0 Å². The van der Waals surface area contributed by atoms with Crippen LogP contribution in [-0.2, 0) is 15.6 Å². The van der Waals surface area contributed by atoms with Crippen LogP contribution in [0.2, 0.25) is 10.0 Å². The zero-order valence-electron chi connectivity index (χ0n) is 25.3. The molecule has 14 heteroatoms. The van der Waals surface area contributed by atoms with Gasteiger partial charge in [-0.15, -0.1) is 5.10 Å². The maximum absolute atomic E-state index is 14.1. The summed E-state index contributed by atoms with van der Waals surface area (Å²) in [5.41, 5.74) is 3.53. The summed E-state index contributed by atoms with van der Waals surface area (Å²) in [6.07, 6.45) is 7.39. The molecule has 2 aliphatic rings. The molecule has 0 aliphatic carbocycles. The van der Waals surface area contributed by atoms with E-state index >= 15 is 0 Å². The molecule has 2 fully saturated rings. The van der Waals surface area contributed by atoms with Gasteiger partial charge in [0, 0.05) is 30.9 Å². The molecule has 0 radical (unpaired) electrons. The monoisotopic (exact) mass is 664 g/mol. The first-order valence-electron chi connectivity index (χ1n) is 15.0. The van der Waals surface area contributed by atoms with Gasteiger partial charge in [0.2, 0.25) is 0 Å². The van der Waals surface area contributed by atoms with Crippen molar-refractivity contribution in [3.63, 3.8) is 0 Å². The summed E-state index contributed by atoms with van der Waals surface area (Å²) in [6.45, 7) is 3.07. The molecule has 2 aromatic heterocycles. The number of pyridine rings is 1. The Bertz CT molecular complexity index is 1700. The predicted molar refractivity (Wildman–Crippen MR) is 171 cm³/mol. The van der Waals surface area contributed by atoms with Crippen molar-refractivity contribution in [3.8, 4) is 11.4 Å². The second-order valence-corrected chi connectivity index (χ2v) is 12.7. The highest BCUT2D eigenvalue weighted by Crippen LogP contribution is 2.42. The molecule has 2 amide bonds. The second kappa shape index (κ2) is 13.3. The molecular weight excluding hydrogens is 631 g/mol. The Balaban J connectivity index is 1.23. The van der Waals surface area contributed by atoms with Crippen molar-refractivity contribution in [1.29, 1.82) is 0 Å². The topological polar surface area (TPSA) is 139 Å². The number of rotatable bonds is 9. The highest BCUT2D eigenvalue weighted by atomic mass is 35.5. The number of piperidine rings is 1. The van der Waals surface area contributed by atoms with Gasteiger partial charge in [-0.3, -0.25) is 19.8 Å². The summed E-state index contributed by atoms with van der Waals surface area (Å²) < 4.78 is 7.06. The van der Waals surface area contributed by atoms with Gasteiger partial charge in [-0.1, -0.05) is 35.3 Å². The molecule has 2 saturated heterocycles. The fourth-order valence-corrected chi connectivity index (χ4v) is 7.14. The largest absolute Gasteiger partial charge is 0.496 e. The van der Waals surface area contributed by atoms with Crippen LogP contribution >= 0.6 is 23.2 Å². The van der Waals surface area contributed by atoms with Crippen molar-refractivity contribution in [1.82, 2.24) is 40.5 Å². The molecule has 2 aromatic carbocycles. The quantitative estimate of drug-likeness (QED) is 0.200. The molecule has 0 spiro atoms. The van der Waals surface area contributed by atoms with Crippen LogP contribution < -0.4 is 10.2 Å². The number of hydroxylamine groups is 1. The lowest BCUT2D eigenvalue weighted by Crippen LogP contribution is -2.51. The Labute approximate surface area is 276 Å². The van der Waals surface area contributed by atoms with E-state index in [0.29, 0.717) is 66.1 Å². The maximum Gasteiger partial charge on any atom is 0.257 e. The second-order valence-electron chi connectivity index (χ2n) is 11.9. The third-order valence-corrected chi connectivity index (χ3v) is 10.3. The molecule has 46 heavy (non-hydrogen) atoms. The number of amides is 2. The number of hydrogen-bond acceptors (Lipinski definition) is 9. The van der Waals surface area contributed by atoms with E-state index in [1.807, 2.05) is 28.6 Å². The van der Waals surface area contributed by atoms with Crippen molar-refractivity contribution < 1.29 is 19.5 Å². The maximum atomic E-state index is 14.1. The third kappa shape index (κ3) is 6.05. The van der Waals surface area contributed by atoms with Crippen molar-refractivity contribution in [2.24, 2.45) is 0 Å². The predicted octanol–water partition coefficient (Wildman–Crippen LogP) is 4.09. The number of likely N-dealkylation sites (tertiary alicyclic amines) is 2. The van der Waals surface area contributed by atoms with Gasteiger partial charge < -0.3 is 14.5 Å². The fraction of sp³-hybridized carbons (Fsp3) is 0.375. The van der Waals surface area contributed by atoms with Gasteiger partial charge in [-0.05, 0) is 103 Å². The first-order chi connectivity index (χ1) is 22.3. The third-order valence-electron chi connectivity index (χ3n) is 9.57.